The number of nitrogens with zero attached hydrogens (tertiary/aromatic N) is 1. The van der Waals surface area contributed by atoms with Crippen LogP contribution < -0.4 is 21.3 Å². The Morgan fingerprint density at radius 2 is 1.85 bits per heavy atom. The lowest BCUT2D eigenvalue weighted by molar-refractivity contribution is 0.0947. The lowest BCUT2D eigenvalue weighted by atomic mass is 9.90. The SMILES string of the molecule is CNC1CCCCC1Nc1cc2c(c(Nc3ccncc3)c1)C(=O)NCC2. The van der Waals surface area contributed by atoms with Gasteiger partial charge in [-0.25, -0.2) is 0 Å². The highest BCUT2D eigenvalue weighted by Crippen LogP contribution is 2.32. The third-order valence-electron chi connectivity index (χ3n) is 5.58. The summed E-state index contributed by atoms with van der Waals surface area (Å²) in [6.07, 6.45) is 9.24. The fourth-order valence-electron chi connectivity index (χ4n) is 4.20. The summed E-state index contributed by atoms with van der Waals surface area (Å²) in [5.41, 5.74) is 4.69. The van der Waals surface area contributed by atoms with Gasteiger partial charge in [0.2, 0.25) is 0 Å². The second kappa shape index (κ2) is 7.96. The molecule has 0 radical (unpaired) electrons. The molecule has 6 nitrogen and oxygen atoms in total. The van der Waals surface area contributed by atoms with Crippen LogP contribution in [0.3, 0.4) is 0 Å². The zero-order chi connectivity index (χ0) is 18.6. The van der Waals surface area contributed by atoms with Crippen molar-refractivity contribution in [3.05, 3.63) is 47.8 Å². The molecule has 1 fully saturated rings. The van der Waals surface area contributed by atoms with Gasteiger partial charge < -0.3 is 21.3 Å². The minimum absolute atomic E-state index is 0.00914. The molecule has 1 saturated carbocycles. The van der Waals surface area contributed by atoms with Crippen molar-refractivity contribution in [2.45, 2.75) is 44.2 Å². The molecule has 1 aromatic carbocycles. The van der Waals surface area contributed by atoms with Gasteiger partial charge in [-0.15, -0.1) is 0 Å². The van der Waals surface area contributed by atoms with Crippen LogP contribution >= 0.6 is 0 Å². The lowest BCUT2D eigenvalue weighted by Crippen LogP contribution is -2.44. The van der Waals surface area contributed by atoms with Gasteiger partial charge in [0.25, 0.3) is 5.91 Å². The molecule has 1 aliphatic heterocycles. The first-order chi connectivity index (χ1) is 13.2. The Morgan fingerprint density at radius 3 is 2.63 bits per heavy atom. The van der Waals surface area contributed by atoms with Gasteiger partial charge in [-0.1, -0.05) is 12.8 Å². The summed E-state index contributed by atoms with van der Waals surface area (Å²) in [5, 5.41) is 13.5. The monoisotopic (exact) mass is 365 g/mol. The predicted octanol–water partition coefficient (Wildman–Crippen LogP) is 3.05. The molecule has 4 N–H and O–H groups in total. The van der Waals surface area contributed by atoms with Crippen molar-refractivity contribution in [1.82, 2.24) is 15.6 Å². The number of aromatic nitrogens is 1. The molecule has 2 heterocycles. The van der Waals surface area contributed by atoms with E-state index in [1.54, 1.807) is 12.4 Å². The van der Waals surface area contributed by atoms with Crippen LogP contribution in [0.4, 0.5) is 17.1 Å². The summed E-state index contributed by atoms with van der Waals surface area (Å²) in [6.45, 7) is 0.687. The smallest absolute Gasteiger partial charge is 0.253 e. The van der Waals surface area contributed by atoms with Gasteiger partial charge in [0, 0.05) is 42.4 Å². The van der Waals surface area contributed by atoms with E-state index in [9.17, 15) is 4.79 Å². The number of nitrogens with one attached hydrogen (secondary N) is 4. The molecule has 2 aromatic rings. The normalized spacial score (nSPS) is 21.9. The highest BCUT2D eigenvalue weighted by Gasteiger charge is 2.26. The number of hydrogen-bond acceptors (Lipinski definition) is 5. The minimum atomic E-state index is -0.00914. The largest absolute Gasteiger partial charge is 0.381 e. The maximum absolute atomic E-state index is 12.5. The van der Waals surface area contributed by atoms with E-state index in [1.165, 1.54) is 19.3 Å². The van der Waals surface area contributed by atoms with Crippen molar-refractivity contribution in [3.63, 3.8) is 0 Å². The van der Waals surface area contributed by atoms with E-state index in [4.69, 9.17) is 0 Å². The van der Waals surface area contributed by atoms with Crippen LogP contribution in [0.1, 0.15) is 41.6 Å². The molecule has 0 bridgehead atoms. The van der Waals surface area contributed by atoms with Crippen molar-refractivity contribution in [2.24, 2.45) is 0 Å². The average Bonchev–Trinajstić information content (AvgIpc) is 2.69. The van der Waals surface area contributed by atoms with Crippen molar-refractivity contribution >= 4 is 23.0 Å². The molecular weight excluding hydrogens is 338 g/mol. The second-order valence-corrected chi connectivity index (χ2v) is 7.36. The molecular formula is C21H27N5O. The maximum Gasteiger partial charge on any atom is 0.253 e. The Kier molecular flexibility index (Phi) is 5.25. The van der Waals surface area contributed by atoms with Crippen LogP contribution in [0, 0.1) is 0 Å². The van der Waals surface area contributed by atoms with E-state index < -0.39 is 0 Å². The number of anilines is 3. The Balaban J connectivity index is 1.66. The molecule has 1 amide bonds. The Bertz CT molecular complexity index is 808. The maximum atomic E-state index is 12.5. The molecule has 142 valence electrons. The summed E-state index contributed by atoms with van der Waals surface area (Å²) < 4.78 is 0. The van der Waals surface area contributed by atoms with Crippen LogP contribution in [-0.4, -0.2) is 36.6 Å². The first-order valence-corrected chi connectivity index (χ1v) is 9.80. The summed E-state index contributed by atoms with van der Waals surface area (Å²) in [4.78, 5) is 16.6. The van der Waals surface area contributed by atoms with E-state index in [2.05, 4.69) is 38.4 Å². The number of hydrogen-bond donors (Lipinski definition) is 4. The van der Waals surface area contributed by atoms with E-state index in [1.807, 2.05) is 19.2 Å². The molecule has 27 heavy (non-hydrogen) atoms. The Labute approximate surface area is 160 Å². The van der Waals surface area contributed by atoms with Gasteiger partial charge in [0.1, 0.15) is 0 Å². The first kappa shape index (κ1) is 17.8. The van der Waals surface area contributed by atoms with Crippen LogP contribution in [-0.2, 0) is 6.42 Å². The molecule has 0 saturated heterocycles. The number of benzene rings is 1. The van der Waals surface area contributed by atoms with E-state index >= 15 is 0 Å². The topological polar surface area (TPSA) is 78.1 Å². The zero-order valence-corrected chi connectivity index (χ0v) is 15.7. The van der Waals surface area contributed by atoms with Gasteiger partial charge in [0.05, 0.1) is 11.3 Å². The molecule has 2 aliphatic rings. The number of carbonyl (C=O) groups is 1. The standard InChI is InChI=1S/C21H27N5O/c1-22-17-4-2-3-5-18(17)26-16-12-14-6-11-24-21(27)20(14)19(13-16)25-15-7-9-23-10-8-15/h7-10,12-13,17-18,22,26H,2-6,11H2,1H3,(H,23,25)(H,24,27). The van der Waals surface area contributed by atoms with Crippen molar-refractivity contribution < 1.29 is 4.79 Å². The first-order valence-electron chi connectivity index (χ1n) is 9.80. The fourth-order valence-corrected chi connectivity index (χ4v) is 4.20. The third kappa shape index (κ3) is 3.90. The van der Waals surface area contributed by atoms with Crippen molar-refractivity contribution in [3.8, 4) is 0 Å². The van der Waals surface area contributed by atoms with Gasteiger partial charge in [0.15, 0.2) is 0 Å². The van der Waals surface area contributed by atoms with Crippen LogP contribution in [0.5, 0.6) is 0 Å². The summed E-state index contributed by atoms with van der Waals surface area (Å²) in [5.74, 6) is -0.00914. The zero-order valence-electron chi connectivity index (χ0n) is 15.7. The van der Waals surface area contributed by atoms with E-state index in [-0.39, 0.29) is 5.91 Å². The molecule has 4 rings (SSSR count). The molecule has 2 atom stereocenters. The van der Waals surface area contributed by atoms with E-state index in [0.29, 0.717) is 18.6 Å². The third-order valence-corrected chi connectivity index (χ3v) is 5.58. The summed E-state index contributed by atoms with van der Waals surface area (Å²) in [7, 11) is 2.04. The molecule has 6 heteroatoms. The average molecular weight is 365 g/mol. The highest BCUT2D eigenvalue weighted by molar-refractivity contribution is 6.03. The van der Waals surface area contributed by atoms with Crippen molar-refractivity contribution in [1.29, 1.82) is 0 Å². The van der Waals surface area contributed by atoms with Crippen LogP contribution in [0.2, 0.25) is 0 Å². The molecule has 1 aliphatic carbocycles. The van der Waals surface area contributed by atoms with Crippen LogP contribution in [0.25, 0.3) is 0 Å². The number of likely N-dealkylation sites (N-methyl/N-ethyl adjacent to an activating group) is 1. The highest BCUT2D eigenvalue weighted by atomic mass is 16.1. The molecule has 0 spiro atoms. The van der Waals surface area contributed by atoms with Gasteiger partial charge >= 0.3 is 0 Å². The van der Waals surface area contributed by atoms with Crippen molar-refractivity contribution in [2.75, 3.05) is 24.2 Å². The van der Waals surface area contributed by atoms with E-state index in [0.717, 1.165) is 41.0 Å². The molecule has 1 aromatic heterocycles. The summed E-state index contributed by atoms with van der Waals surface area (Å²) in [6, 6.07) is 8.91. The lowest BCUT2D eigenvalue weighted by Gasteiger charge is -2.33. The van der Waals surface area contributed by atoms with Gasteiger partial charge in [-0.2, -0.15) is 0 Å². The minimum Gasteiger partial charge on any atom is -0.381 e. The number of pyridine rings is 1. The summed E-state index contributed by atoms with van der Waals surface area (Å²) >= 11 is 0. The fraction of sp³-hybridized carbons (Fsp3) is 0.429. The van der Waals surface area contributed by atoms with Crippen LogP contribution in [0.15, 0.2) is 36.7 Å². The number of carbonyl (C=O) groups excluding carboxylic acids is 1. The van der Waals surface area contributed by atoms with Gasteiger partial charge in [-0.3, -0.25) is 9.78 Å². The van der Waals surface area contributed by atoms with Gasteiger partial charge in [-0.05, 0) is 56.1 Å². The molecule has 2 unspecified atom stereocenters. The number of rotatable bonds is 5. The quantitative estimate of drug-likeness (QED) is 0.655. The number of amides is 1. The Hall–Kier alpha value is -2.60. The second-order valence-electron chi connectivity index (χ2n) is 7.36. The number of fused-ring (bicyclic) bond motifs is 1. The Morgan fingerprint density at radius 1 is 1.07 bits per heavy atom. The predicted molar refractivity (Wildman–Crippen MR) is 109 cm³/mol.